The van der Waals surface area contributed by atoms with Gasteiger partial charge in [0.15, 0.2) is 0 Å². The first-order chi connectivity index (χ1) is 8.31. The number of amides is 1. The summed E-state index contributed by atoms with van der Waals surface area (Å²) in [5.41, 5.74) is 5.16. The van der Waals surface area contributed by atoms with E-state index in [9.17, 15) is 9.00 Å². The van der Waals surface area contributed by atoms with Crippen molar-refractivity contribution in [1.82, 2.24) is 5.32 Å². The zero-order valence-electron chi connectivity index (χ0n) is 11.2. The summed E-state index contributed by atoms with van der Waals surface area (Å²) in [4.78, 5) is 12.3. The number of hydrogen-bond donors (Lipinski definition) is 2. The summed E-state index contributed by atoms with van der Waals surface area (Å²) in [6.07, 6.45) is 2.56. The number of rotatable bonds is 4. The van der Waals surface area contributed by atoms with Crippen LogP contribution >= 0.6 is 0 Å². The van der Waals surface area contributed by atoms with Gasteiger partial charge in [0.05, 0.1) is 6.10 Å². The van der Waals surface area contributed by atoms with Crippen LogP contribution in [0.5, 0.6) is 0 Å². The van der Waals surface area contributed by atoms with E-state index in [1.807, 2.05) is 13.8 Å². The maximum absolute atomic E-state index is 12.3. The van der Waals surface area contributed by atoms with Crippen LogP contribution in [-0.2, 0) is 20.3 Å². The molecule has 0 spiro atoms. The van der Waals surface area contributed by atoms with Gasteiger partial charge in [-0.3, -0.25) is 9.00 Å². The summed E-state index contributed by atoms with van der Waals surface area (Å²) in [5.74, 6) is 0.441. The second kappa shape index (κ2) is 4.58. The number of nitrogens with two attached hydrogens (primary N) is 1. The Morgan fingerprint density at radius 1 is 1.56 bits per heavy atom. The van der Waals surface area contributed by atoms with Crippen molar-refractivity contribution in [3.8, 4) is 0 Å². The first-order valence-electron chi connectivity index (χ1n) is 6.30. The van der Waals surface area contributed by atoms with Crippen LogP contribution in [0.3, 0.4) is 0 Å². The molecule has 0 aromatic heterocycles. The van der Waals surface area contributed by atoms with Crippen LogP contribution in [-0.4, -0.2) is 46.9 Å². The lowest BCUT2D eigenvalue weighted by Gasteiger charge is -2.60. The molecule has 6 heteroatoms. The Hall–Kier alpha value is -0.460. The van der Waals surface area contributed by atoms with E-state index < -0.39 is 16.3 Å². The fourth-order valence-electron chi connectivity index (χ4n) is 3.30. The van der Waals surface area contributed by atoms with Crippen LogP contribution < -0.4 is 11.1 Å². The van der Waals surface area contributed by atoms with Gasteiger partial charge in [-0.05, 0) is 6.42 Å². The second-order valence-electron chi connectivity index (χ2n) is 5.81. The SMILES string of the molecule is CS(=O)CCNC(=O)C1(N)C2CCOC2C1(C)C. The van der Waals surface area contributed by atoms with Crippen molar-refractivity contribution < 1.29 is 13.7 Å². The number of nitrogens with one attached hydrogen (secondary N) is 1. The normalized spacial score (nSPS) is 38.7. The third-order valence-corrected chi connectivity index (χ3v) is 5.28. The van der Waals surface area contributed by atoms with E-state index in [2.05, 4.69) is 5.32 Å². The fourth-order valence-corrected chi connectivity index (χ4v) is 3.69. The highest BCUT2D eigenvalue weighted by Gasteiger charge is 2.71. The van der Waals surface area contributed by atoms with Crippen LogP contribution in [0.15, 0.2) is 0 Å². The van der Waals surface area contributed by atoms with Crippen LogP contribution in [0, 0.1) is 11.3 Å². The predicted molar refractivity (Wildman–Crippen MR) is 70.5 cm³/mol. The van der Waals surface area contributed by atoms with Crippen molar-refractivity contribution in [2.75, 3.05) is 25.2 Å². The molecule has 1 saturated heterocycles. The Bertz CT molecular complexity index is 386. The van der Waals surface area contributed by atoms with Gasteiger partial charge >= 0.3 is 0 Å². The van der Waals surface area contributed by atoms with Crippen LogP contribution in [0.4, 0.5) is 0 Å². The number of carbonyl (C=O) groups excluding carboxylic acids is 1. The summed E-state index contributed by atoms with van der Waals surface area (Å²) >= 11 is 0. The monoisotopic (exact) mass is 274 g/mol. The van der Waals surface area contributed by atoms with Crippen molar-refractivity contribution in [2.45, 2.75) is 31.9 Å². The summed E-state index contributed by atoms with van der Waals surface area (Å²) in [5, 5.41) is 2.81. The minimum absolute atomic E-state index is 0.0913. The molecule has 2 rings (SSSR count). The lowest BCUT2D eigenvalue weighted by atomic mass is 9.48. The van der Waals surface area contributed by atoms with Crippen molar-refractivity contribution in [1.29, 1.82) is 0 Å². The van der Waals surface area contributed by atoms with E-state index in [1.54, 1.807) is 6.26 Å². The Balaban J connectivity index is 2.02. The molecule has 0 aromatic rings. The Kier molecular flexibility index (Phi) is 3.55. The molecule has 4 unspecified atom stereocenters. The average Bonchev–Trinajstić information content (AvgIpc) is 2.74. The standard InChI is InChI=1S/C12H22N2O3S/c1-11(2)9-8(4-6-17-9)12(11,13)10(15)14-5-7-18(3)16/h8-9H,4-7,13H2,1-3H3,(H,14,15). The zero-order valence-corrected chi connectivity index (χ0v) is 12.0. The molecule has 0 radical (unpaired) electrons. The maximum atomic E-state index is 12.3. The first kappa shape index (κ1) is 14.0. The van der Waals surface area contributed by atoms with Gasteiger partial charge in [-0.25, -0.2) is 0 Å². The molecule has 0 bridgehead atoms. The van der Waals surface area contributed by atoms with Gasteiger partial charge in [-0.15, -0.1) is 0 Å². The molecule has 104 valence electrons. The molecule has 18 heavy (non-hydrogen) atoms. The largest absolute Gasteiger partial charge is 0.377 e. The van der Waals surface area contributed by atoms with Crippen molar-refractivity contribution in [3.63, 3.8) is 0 Å². The summed E-state index contributed by atoms with van der Waals surface area (Å²) in [6.45, 7) is 5.06. The van der Waals surface area contributed by atoms with Crippen molar-refractivity contribution in [3.05, 3.63) is 0 Å². The van der Waals surface area contributed by atoms with Crippen LogP contribution in [0.2, 0.25) is 0 Å². The number of carbonyl (C=O) groups is 1. The fraction of sp³-hybridized carbons (Fsp3) is 0.917. The first-order valence-corrected chi connectivity index (χ1v) is 8.03. The summed E-state index contributed by atoms with van der Waals surface area (Å²) < 4.78 is 16.6. The van der Waals surface area contributed by atoms with Gasteiger partial charge in [0.1, 0.15) is 5.54 Å². The van der Waals surface area contributed by atoms with E-state index in [4.69, 9.17) is 10.5 Å². The Labute approximate surface area is 110 Å². The molecule has 1 heterocycles. The van der Waals surface area contributed by atoms with E-state index in [0.717, 1.165) is 6.42 Å². The van der Waals surface area contributed by atoms with Gasteiger partial charge < -0.3 is 15.8 Å². The van der Waals surface area contributed by atoms with E-state index in [0.29, 0.717) is 18.9 Å². The highest BCUT2D eigenvalue weighted by atomic mass is 32.2. The minimum Gasteiger partial charge on any atom is -0.377 e. The van der Waals surface area contributed by atoms with Crippen LogP contribution in [0.1, 0.15) is 20.3 Å². The van der Waals surface area contributed by atoms with Gasteiger partial charge in [0.25, 0.3) is 0 Å². The van der Waals surface area contributed by atoms with Crippen LogP contribution in [0.25, 0.3) is 0 Å². The molecule has 1 aliphatic carbocycles. The third kappa shape index (κ3) is 1.82. The Morgan fingerprint density at radius 3 is 2.83 bits per heavy atom. The topological polar surface area (TPSA) is 81.4 Å². The lowest BCUT2D eigenvalue weighted by molar-refractivity contribution is -0.175. The van der Waals surface area contributed by atoms with Crippen molar-refractivity contribution in [2.24, 2.45) is 17.1 Å². The molecular formula is C12H22N2O3S. The van der Waals surface area contributed by atoms with Gasteiger partial charge in [0.2, 0.25) is 5.91 Å². The average molecular weight is 274 g/mol. The minimum atomic E-state index is -0.897. The molecule has 1 amide bonds. The smallest absolute Gasteiger partial charge is 0.241 e. The van der Waals surface area contributed by atoms with E-state index >= 15 is 0 Å². The highest BCUT2D eigenvalue weighted by Crippen LogP contribution is 2.58. The zero-order chi connectivity index (χ0) is 13.6. The molecule has 1 aliphatic heterocycles. The van der Waals surface area contributed by atoms with Gasteiger partial charge in [-0.2, -0.15) is 0 Å². The Morgan fingerprint density at radius 2 is 2.22 bits per heavy atom. The van der Waals surface area contributed by atoms with E-state index in [1.165, 1.54) is 0 Å². The number of hydrogen-bond acceptors (Lipinski definition) is 4. The molecule has 4 atom stereocenters. The summed E-state index contributed by atoms with van der Waals surface area (Å²) in [7, 11) is -0.897. The maximum Gasteiger partial charge on any atom is 0.241 e. The molecule has 2 aliphatic rings. The molecule has 2 fully saturated rings. The number of ether oxygens (including phenoxy) is 1. The van der Waals surface area contributed by atoms with Gasteiger partial charge in [0, 0.05) is 47.3 Å². The molecule has 5 nitrogen and oxygen atoms in total. The molecule has 0 aromatic carbocycles. The molecule has 1 saturated carbocycles. The second-order valence-corrected chi connectivity index (χ2v) is 7.37. The van der Waals surface area contributed by atoms with Crippen molar-refractivity contribution >= 4 is 16.7 Å². The highest BCUT2D eigenvalue weighted by molar-refractivity contribution is 7.84. The van der Waals surface area contributed by atoms with Gasteiger partial charge in [-0.1, -0.05) is 13.8 Å². The third-order valence-electron chi connectivity index (χ3n) is 4.50. The molecular weight excluding hydrogens is 252 g/mol. The quantitative estimate of drug-likeness (QED) is 0.732. The number of fused-ring (bicyclic) bond motifs is 1. The van der Waals surface area contributed by atoms with E-state index in [-0.39, 0.29) is 23.3 Å². The lowest BCUT2D eigenvalue weighted by Crippen LogP contribution is -2.80. The molecule has 3 N–H and O–H groups in total. The summed E-state index contributed by atoms with van der Waals surface area (Å²) in [6, 6.07) is 0. The predicted octanol–water partition coefficient (Wildman–Crippen LogP) is -0.376.